The van der Waals surface area contributed by atoms with Crippen molar-refractivity contribution in [1.29, 1.82) is 0 Å². The molecular weight excluding hydrogens is 268 g/mol. The van der Waals surface area contributed by atoms with Crippen LogP contribution >= 0.6 is 12.2 Å². The molecule has 0 atom stereocenters. The van der Waals surface area contributed by atoms with E-state index in [9.17, 15) is 0 Å². The zero-order valence-electron chi connectivity index (χ0n) is 12.2. The Morgan fingerprint density at radius 1 is 1.15 bits per heavy atom. The summed E-state index contributed by atoms with van der Waals surface area (Å²) in [6, 6.07) is 8.60. The van der Waals surface area contributed by atoms with E-state index in [2.05, 4.69) is 22.8 Å². The van der Waals surface area contributed by atoms with E-state index in [0.29, 0.717) is 6.04 Å². The maximum Gasteiger partial charge on any atom is 0.166 e. The number of benzene rings is 1. The first-order valence-corrected chi connectivity index (χ1v) is 7.86. The number of hydrogen-bond donors (Lipinski definition) is 2. The molecular formula is C16H24N2OS. The van der Waals surface area contributed by atoms with Crippen LogP contribution in [0.15, 0.2) is 24.3 Å². The van der Waals surface area contributed by atoms with Crippen LogP contribution in [0.25, 0.3) is 0 Å². The zero-order chi connectivity index (χ0) is 14.2. The first-order chi connectivity index (χ1) is 9.78. The molecule has 0 bridgehead atoms. The van der Waals surface area contributed by atoms with Gasteiger partial charge in [0, 0.05) is 12.6 Å². The van der Waals surface area contributed by atoms with E-state index in [0.717, 1.165) is 17.4 Å². The van der Waals surface area contributed by atoms with Crippen molar-refractivity contribution < 1.29 is 4.74 Å². The average Bonchev–Trinajstić information content (AvgIpc) is 2.74. The summed E-state index contributed by atoms with van der Waals surface area (Å²) in [7, 11) is 1.68. The molecule has 0 spiro atoms. The summed E-state index contributed by atoms with van der Waals surface area (Å²) < 4.78 is 5.15. The molecule has 0 saturated heterocycles. The van der Waals surface area contributed by atoms with Gasteiger partial charge in [0.1, 0.15) is 5.75 Å². The first kappa shape index (κ1) is 15.1. The summed E-state index contributed by atoms with van der Waals surface area (Å²) >= 11 is 5.38. The van der Waals surface area contributed by atoms with E-state index < -0.39 is 0 Å². The van der Waals surface area contributed by atoms with Gasteiger partial charge < -0.3 is 15.4 Å². The minimum absolute atomic E-state index is 0.549. The Balaban J connectivity index is 1.73. The molecule has 1 aliphatic carbocycles. The fourth-order valence-corrected chi connectivity index (χ4v) is 2.82. The SMILES string of the molecule is COc1ccc(CNC(=S)NC2CCCCCC2)cc1. The van der Waals surface area contributed by atoms with Crippen molar-refractivity contribution in [3.8, 4) is 5.75 Å². The second kappa shape index (κ2) is 8.10. The highest BCUT2D eigenvalue weighted by Crippen LogP contribution is 2.17. The van der Waals surface area contributed by atoms with Gasteiger partial charge in [0.15, 0.2) is 5.11 Å². The lowest BCUT2D eigenvalue weighted by molar-refractivity contribution is 0.414. The van der Waals surface area contributed by atoms with E-state index in [4.69, 9.17) is 17.0 Å². The number of nitrogens with one attached hydrogen (secondary N) is 2. The minimum atomic E-state index is 0.549. The summed E-state index contributed by atoms with van der Waals surface area (Å²) in [4.78, 5) is 0. The van der Waals surface area contributed by atoms with Crippen LogP contribution in [0.5, 0.6) is 5.75 Å². The quantitative estimate of drug-likeness (QED) is 0.658. The van der Waals surface area contributed by atoms with Crippen molar-refractivity contribution in [1.82, 2.24) is 10.6 Å². The lowest BCUT2D eigenvalue weighted by Gasteiger charge is -2.19. The van der Waals surface area contributed by atoms with Crippen LogP contribution in [-0.4, -0.2) is 18.3 Å². The molecule has 1 fully saturated rings. The van der Waals surface area contributed by atoms with Gasteiger partial charge in [-0.1, -0.05) is 37.8 Å². The molecule has 20 heavy (non-hydrogen) atoms. The predicted octanol–water partition coefficient (Wildman–Crippen LogP) is 3.38. The third-order valence-corrected chi connectivity index (χ3v) is 4.06. The Morgan fingerprint density at radius 2 is 1.80 bits per heavy atom. The van der Waals surface area contributed by atoms with E-state index in [1.165, 1.54) is 44.1 Å². The van der Waals surface area contributed by atoms with Crippen LogP contribution in [-0.2, 0) is 6.54 Å². The number of hydrogen-bond acceptors (Lipinski definition) is 2. The third-order valence-electron chi connectivity index (χ3n) is 3.80. The topological polar surface area (TPSA) is 33.3 Å². The minimum Gasteiger partial charge on any atom is -0.497 e. The summed E-state index contributed by atoms with van der Waals surface area (Å²) in [5.41, 5.74) is 1.20. The smallest absolute Gasteiger partial charge is 0.166 e. The van der Waals surface area contributed by atoms with Gasteiger partial charge in [-0.25, -0.2) is 0 Å². The molecule has 3 nitrogen and oxygen atoms in total. The van der Waals surface area contributed by atoms with Gasteiger partial charge >= 0.3 is 0 Å². The fourth-order valence-electron chi connectivity index (χ4n) is 2.59. The standard InChI is InChI=1S/C16H24N2OS/c1-19-15-10-8-13(9-11-15)12-17-16(20)18-14-6-4-2-3-5-7-14/h8-11,14H,2-7,12H2,1H3,(H2,17,18,20). The molecule has 2 rings (SSSR count). The largest absolute Gasteiger partial charge is 0.497 e. The number of thiocarbonyl (C=S) groups is 1. The molecule has 4 heteroatoms. The van der Waals surface area contributed by atoms with Crippen molar-refractivity contribution in [3.05, 3.63) is 29.8 Å². The van der Waals surface area contributed by atoms with Gasteiger partial charge in [0.2, 0.25) is 0 Å². The van der Waals surface area contributed by atoms with E-state index in [1.807, 2.05) is 12.1 Å². The van der Waals surface area contributed by atoms with Crippen LogP contribution in [0.1, 0.15) is 44.1 Å². The maximum atomic E-state index is 5.38. The maximum absolute atomic E-state index is 5.38. The molecule has 1 aromatic rings. The summed E-state index contributed by atoms with van der Waals surface area (Å²) in [6.45, 7) is 0.753. The molecule has 110 valence electrons. The van der Waals surface area contributed by atoms with Crippen LogP contribution in [0.2, 0.25) is 0 Å². The number of ether oxygens (including phenoxy) is 1. The van der Waals surface area contributed by atoms with Gasteiger partial charge in [0.25, 0.3) is 0 Å². The molecule has 0 aromatic heterocycles. The molecule has 2 N–H and O–H groups in total. The molecule has 0 heterocycles. The van der Waals surface area contributed by atoms with Crippen molar-refractivity contribution in [3.63, 3.8) is 0 Å². The average molecular weight is 292 g/mol. The van der Waals surface area contributed by atoms with Crippen LogP contribution in [0.3, 0.4) is 0 Å². The lowest BCUT2D eigenvalue weighted by Crippen LogP contribution is -2.41. The Kier molecular flexibility index (Phi) is 6.12. The van der Waals surface area contributed by atoms with Gasteiger partial charge in [-0.3, -0.25) is 0 Å². The Labute approximate surface area is 127 Å². The Bertz CT molecular complexity index is 411. The Morgan fingerprint density at radius 3 is 2.40 bits per heavy atom. The second-order valence-electron chi connectivity index (χ2n) is 5.36. The highest BCUT2D eigenvalue weighted by Gasteiger charge is 2.12. The fraction of sp³-hybridized carbons (Fsp3) is 0.562. The molecule has 1 saturated carbocycles. The summed E-state index contributed by atoms with van der Waals surface area (Å²) in [5.74, 6) is 0.882. The summed E-state index contributed by atoms with van der Waals surface area (Å²) in [5, 5.41) is 7.50. The van der Waals surface area contributed by atoms with Gasteiger partial charge in [0.05, 0.1) is 7.11 Å². The van der Waals surface area contributed by atoms with Crippen molar-refractivity contribution >= 4 is 17.3 Å². The van der Waals surface area contributed by atoms with Crippen molar-refractivity contribution in [2.75, 3.05) is 7.11 Å². The molecule has 1 aromatic carbocycles. The number of methoxy groups -OCH3 is 1. The van der Waals surface area contributed by atoms with E-state index >= 15 is 0 Å². The third kappa shape index (κ3) is 5.00. The van der Waals surface area contributed by atoms with Gasteiger partial charge in [-0.15, -0.1) is 0 Å². The normalized spacial score (nSPS) is 16.2. The van der Waals surface area contributed by atoms with E-state index in [-0.39, 0.29) is 0 Å². The highest BCUT2D eigenvalue weighted by atomic mass is 32.1. The molecule has 1 aliphatic rings. The van der Waals surface area contributed by atoms with E-state index in [1.54, 1.807) is 7.11 Å². The number of rotatable bonds is 4. The lowest BCUT2D eigenvalue weighted by atomic mass is 10.1. The highest BCUT2D eigenvalue weighted by molar-refractivity contribution is 7.80. The molecule has 0 amide bonds. The first-order valence-electron chi connectivity index (χ1n) is 7.45. The summed E-state index contributed by atoms with van der Waals surface area (Å²) in [6.07, 6.45) is 7.85. The molecule has 0 unspecified atom stereocenters. The zero-order valence-corrected chi connectivity index (χ0v) is 13.0. The van der Waals surface area contributed by atoms with Crippen molar-refractivity contribution in [2.45, 2.75) is 51.1 Å². The predicted molar refractivity (Wildman–Crippen MR) is 87.1 cm³/mol. The van der Waals surface area contributed by atoms with Crippen LogP contribution in [0, 0.1) is 0 Å². The van der Waals surface area contributed by atoms with Gasteiger partial charge in [-0.2, -0.15) is 0 Å². The monoisotopic (exact) mass is 292 g/mol. The van der Waals surface area contributed by atoms with Crippen molar-refractivity contribution in [2.24, 2.45) is 0 Å². The Hall–Kier alpha value is -1.29. The molecule has 0 radical (unpaired) electrons. The van der Waals surface area contributed by atoms with Crippen LogP contribution < -0.4 is 15.4 Å². The molecule has 0 aliphatic heterocycles. The van der Waals surface area contributed by atoms with Gasteiger partial charge in [-0.05, 0) is 42.8 Å². The second-order valence-corrected chi connectivity index (χ2v) is 5.77. The van der Waals surface area contributed by atoms with Crippen LogP contribution in [0.4, 0.5) is 0 Å².